The molecule has 1 aromatic carbocycles. The van der Waals surface area contributed by atoms with Gasteiger partial charge in [0.05, 0.1) is 6.54 Å². The molecule has 4 nitrogen and oxygen atoms in total. The largest absolute Gasteiger partial charge is 0.419 e. The van der Waals surface area contributed by atoms with Crippen LogP contribution in [0.3, 0.4) is 0 Å². The Morgan fingerprint density at radius 2 is 2.00 bits per heavy atom. The molecule has 0 bridgehead atoms. The van der Waals surface area contributed by atoms with E-state index in [1.165, 1.54) is 19.3 Å². The van der Waals surface area contributed by atoms with Crippen molar-refractivity contribution in [1.29, 1.82) is 0 Å². The SMILES string of the molecule is c1ccc(-c2nnc(CNCC3CCC3)o2)cc1. The second-order valence-electron chi connectivity index (χ2n) is 4.79. The van der Waals surface area contributed by atoms with E-state index in [0.29, 0.717) is 18.3 Å². The van der Waals surface area contributed by atoms with Crippen LogP contribution < -0.4 is 5.32 Å². The molecule has 3 rings (SSSR count). The number of hydrogen-bond acceptors (Lipinski definition) is 4. The first-order valence-corrected chi connectivity index (χ1v) is 6.50. The van der Waals surface area contributed by atoms with E-state index >= 15 is 0 Å². The van der Waals surface area contributed by atoms with Crippen molar-refractivity contribution >= 4 is 0 Å². The first kappa shape index (κ1) is 11.4. The lowest BCUT2D eigenvalue weighted by molar-refractivity contribution is 0.296. The van der Waals surface area contributed by atoms with Crippen molar-refractivity contribution in [3.63, 3.8) is 0 Å². The lowest BCUT2D eigenvalue weighted by Gasteiger charge is -2.25. The fraction of sp³-hybridized carbons (Fsp3) is 0.429. The zero-order valence-corrected chi connectivity index (χ0v) is 10.3. The Morgan fingerprint density at radius 1 is 1.17 bits per heavy atom. The Hall–Kier alpha value is -1.68. The van der Waals surface area contributed by atoms with E-state index in [9.17, 15) is 0 Å². The summed E-state index contributed by atoms with van der Waals surface area (Å²) in [5.74, 6) is 2.10. The van der Waals surface area contributed by atoms with Crippen LogP contribution in [0.4, 0.5) is 0 Å². The maximum atomic E-state index is 5.62. The van der Waals surface area contributed by atoms with Gasteiger partial charge in [0.1, 0.15) is 0 Å². The summed E-state index contributed by atoms with van der Waals surface area (Å²) < 4.78 is 5.62. The Bertz CT molecular complexity index is 491. The van der Waals surface area contributed by atoms with Crippen LogP contribution in [0.5, 0.6) is 0 Å². The highest BCUT2D eigenvalue weighted by atomic mass is 16.4. The van der Waals surface area contributed by atoms with Crippen LogP contribution >= 0.6 is 0 Å². The molecule has 2 aromatic rings. The Kier molecular flexibility index (Phi) is 3.37. The third-order valence-corrected chi connectivity index (χ3v) is 3.42. The van der Waals surface area contributed by atoms with Crippen molar-refractivity contribution in [3.8, 4) is 11.5 Å². The minimum absolute atomic E-state index is 0.594. The Balaban J connectivity index is 1.56. The third kappa shape index (κ3) is 2.59. The maximum absolute atomic E-state index is 5.62. The lowest BCUT2D eigenvalue weighted by atomic mass is 9.85. The first-order chi connectivity index (χ1) is 8.92. The zero-order chi connectivity index (χ0) is 12.2. The monoisotopic (exact) mass is 243 g/mol. The molecule has 4 heteroatoms. The third-order valence-electron chi connectivity index (χ3n) is 3.42. The molecular formula is C14H17N3O. The number of benzene rings is 1. The minimum atomic E-state index is 0.594. The molecule has 0 atom stereocenters. The van der Waals surface area contributed by atoms with Crippen molar-refractivity contribution in [2.75, 3.05) is 6.54 Å². The number of hydrogen-bond donors (Lipinski definition) is 1. The number of nitrogens with one attached hydrogen (secondary N) is 1. The van der Waals surface area contributed by atoms with E-state index in [1.807, 2.05) is 30.3 Å². The van der Waals surface area contributed by atoms with Crippen LogP contribution in [0.1, 0.15) is 25.2 Å². The molecule has 0 saturated heterocycles. The van der Waals surface area contributed by atoms with Crippen LogP contribution in [-0.4, -0.2) is 16.7 Å². The summed E-state index contributed by atoms with van der Waals surface area (Å²) in [6.07, 6.45) is 4.09. The summed E-state index contributed by atoms with van der Waals surface area (Å²) in [6, 6.07) is 9.85. The van der Waals surface area contributed by atoms with Crippen LogP contribution in [0.2, 0.25) is 0 Å². The maximum Gasteiger partial charge on any atom is 0.247 e. The van der Waals surface area contributed by atoms with Gasteiger partial charge in [-0.15, -0.1) is 10.2 Å². The summed E-state index contributed by atoms with van der Waals surface area (Å²) >= 11 is 0. The first-order valence-electron chi connectivity index (χ1n) is 6.50. The molecule has 1 heterocycles. The molecule has 0 radical (unpaired) electrons. The Labute approximate surface area is 106 Å². The van der Waals surface area contributed by atoms with E-state index in [0.717, 1.165) is 18.0 Å². The van der Waals surface area contributed by atoms with Crippen LogP contribution in [0.25, 0.3) is 11.5 Å². The van der Waals surface area contributed by atoms with Crippen molar-refractivity contribution < 1.29 is 4.42 Å². The minimum Gasteiger partial charge on any atom is -0.419 e. The molecule has 0 amide bonds. The van der Waals surface area contributed by atoms with E-state index in [-0.39, 0.29) is 0 Å². The van der Waals surface area contributed by atoms with Crippen LogP contribution in [0.15, 0.2) is 34.7 Å². The van der Waals surface area contributed by atoms with Gasteiger partial charge < -0.3 is 9.73 Å². The molecule has 1 fully saturated rings. The van der Waals surface area contributed by atoms with Gasteiger partial charge in [0.25, 0.3) is 0 Å². The number of aromatic nitrogens is 2. The molecule has 1 aliphatic rings. The summed E-state index contributed by atoms with van der Waals surface area (Å²) in [4.78, 5) is 0. The number of nitrogens with zero attached hydrogens (tertiary/aromatic N) is 2. The molecular weight excluding hydrogens is 226 g/mol. The van der Waals surface area contributed by atoms with Gasteiger partial charge in [-0.3, -0.25) is 0 Å². The van der Waals surface area contributed by atoms with Crippen molar-refractivity contribution in [1.82, 2.24) is 15.5 Å². The molecule has 0 spiro atoms. The van der Waals surface area contributed by atoms with Gasteiger partial charge in [0, 0.05) is 5.56 Å². The average molecular weight is 243 g/mol. The fourth-order valence-corrected chi connectivity index (χ4v) is 2.10. The van der Waals surface area contributed by atoms with Gasteiger partial charge in [0.15, 0.2) is 0 Å². The van der Waals surface area contributed by atoms with Crippen LogP contribution in [-0.2, 0) is 6.54 Å². The second-order valence-corrected chi connectivity index (χ2v) is 4.79. The summed E-state index contributed by atoms with van der Waals surface area (Å²) in [5, 5.41) is 11.5. The molecule has 1 aliphatic carbocycles. The lowest BCUT2D eigenvalue weighted by Crippen LogP contribution is -2.26. The fourth-order valence-electron chi connectivity index (χ4n) is 2.10. The van der Waals surface area contributed by atoms with Crippen molar-refractivity contribution in [3.05, 3.63) is 36.2 Å². The topological polar surface area (TPSA) is 51.0 Å². The van der Waals surface area contributed by atoms with Crippen molar-refractivity contribution in [2.45, 2.75) is 25.8 Å². The number of rotatable bonds is 5. The molecule has 1 aromatic heterocycles. The molecule has 1 N–H and O–H groups in total. The van der Waals surface area contributed by atoms with Gasteiger partial charge in [-0.2, -0.15) is 0 Å². The summed E-state index contributed by atoms with van der Waals surface area (Å²) in [5.41, 5.74) is 0.968. The molecule has 0 aliphatic heterocycles. The normalized spacial score (nSPS) is 15.6. The van der Waals surface area contributed by atoms with E-state index in [1.54, 1.807) is 0 Å². The molecule has 18 heavy (non-hydrogen) atoms. The quantitative estimate of drug-likeness (QED) is 0.877. The highest BCUT2D eigenvalue weighted by molar-refractivity contribution is 5.51. The second kappa shape index (κ2) is 5.31. The van der Waals surface area contributed by atoms with Gasteiger partial charge in [0.2, 0.25) is 11.8 Å². The predicted octanol–water partition coefficient (Wildman–Crippen LogP) is 2.63. The van der Waals surface area contributed by atoms with Gasteiger partial charge in [-0.25, -0.2) is 0 Å². The van der Waals surface area contributed by atoms with E-state index < -0.39 is 0 Å². The smallest absolute Gasteiger partial charge is 0.247 e. The zero-order valence-electron chi connectivity index (χ0n) is 10.3. The molecule has 1 saturated carbocycles. The summed E-state index contributed by atoms with van der Waals surface area (Å²) in [7, 11) is 0. The van der Waals surface area contributed by atoms with Gasteiger partial charge >= 0.3 is 0 Å². The highest BCUT2D eigenvalue weighted by Crippen LogP contribution is 2.25. The van der Waals surface area contributed by atoms with Crippen LogP contribution in [0, 0.1) is 5.92 Å². The molecule has 0 unspecified atom stereocenters. The van der Waals surface area contributed by atoms with Gasteiger partial charge in [-0.1, -0.05) is 24.6 Å². The van der Waals surface area contributed by atoms with E-state index in [4.69, 9.17) is 4.42 Å². The Morgan fingerprint density at radius 3 is 2.72 bits per heavy atom. The standard InChI is InChI=1S/C14H17N3O/c1-2-7-12(8-3-1)14-17-16-13(18-14)10-15-9-11-5-4-6-11/h1-3,7-8,11,15H,4-6,9-10H2. The highest BCUT2D eigenvalue weighted by Gasteiger charge is 2.17. The molecule has 94 valence electrons. The summed E-state index contributed by atoms with van der Waals surface area (Å²) in [6.45, 7) is 1.72. The average Bonchev–Trinajstić information content (AvgIpc) is 2.82. The van der Waals surface area contributed by atoms with E-state index in [2.05, 4.69) is 15.5 Å². The van der Waals surface area contributed by atoms with Crippen molar-refractivity contribution in [2.24, 2.45) is 5.92 Å². The predicted molar refractivity (Wildman–Crippen MR) is 68.8 cm³/mol. The van der Waals surface area contributed by atoms with Gasteiger partial charge in [-0.05, 0) is 37.4 Å².